The zero-order valence-electron chi connectivity index (χ0n) is 12.6. The third kappa shape index (κ3) is 2.50. The summed E-state index contributed by atoms with van der Waals surface area (Å²) in [5.74, 6) is 1.31. The van der Waals surface area contributed by atoms with Gasteiger partial charge in [-0.25, -0.2) is 0 Å². The number of fused-ring (bicyclic) bond motifs is 1. The molecule has 0 saturated heterocycles. The lowest BCUT2D eigenvalue weighted by atomic mass is 10.1. The number of rotatable bonds is 5. The van der Waals surface area contributed by atoms with E-state index in [-0.39, 0.29) is 30.2 Å². The number of ether oxygens (including phenoxy) is 2. The van der Waals surface area contributed by atoms with Gasteiger partial charge in [0.1, 0.15) is 6.33 Å². The van der Waals surface area contributed by atoms with Crippen LogP contribution in [0.15, 0.2) is 29.3 Å². The number of nitrogens with zero attached hydrogens (tertiary/aromatic N) is 5. The first-order chi connectivity index (χ1) is 11.2. The van der Waals surface area contributed by atoms with Gasteiger partial charge in [0, 0.05) is 5.56 Å². The largest absolute Gasteiger partial charge is 0.493 e. The van der Waals surface area contributed by atoms with Crippen LogP contribution in [0.3, 0.4) is 0 Å². The van der Waals surface area contributed by atoms with Gasteiger partial charge in [-0.1, -0.05) is 0 Å². The number of aliphatic hydroxyl groups excluding tert-OH is 1. The molecule has 0 unspecified atom stereocenters. The summed E-state index contributed by atoms with van der Waals surface area (Å²) in [7, 11) is 3.05. The highest BCUT2D eigenvalue weighted by Crippen LogP contribution is 2.30. The Balaban J connectivity index is 2.24. The van der Waals surface area contributed by atoms with Crippen LogP contribution in [0, 0.1) is 0 Å². The fourth-order valence-electron chi connectivity index (χ4n) is 2.31. The molecule has 3 rings (SSSR count). The fraction of sp³-hybridized carbons (Fsp3) is 0.286. The van der Waals surface area contributed by atoms with Crippen LogP contribution in [0.2, 0.25) is 0 Å². The first-order valence-corrected chi connectivity index (χ1v) is 6.83. The normalized spacial score (nSPS) is 10.9. The van der Waals surface area contributed by atoms with Crippen molar-refractivity contribution in [3.8, 4) is 22.8 Å². The molecule has 0 aliphatic rings. The maximum atomic E-state index is 12.7. The zero-order chi connectivity index (χ0) is 16.4. The molecule has 0 fully saturated rings. The second kappa shape index (κ2) is 6.05. The second-order valence-corrected chi connectivity index (χ2v) is 4.67. The number of hydrogen-bond acceptors (Lipinski definition) is 7. The van der Waals surface area contributed by atoms with E-state index in [9.17, 15) is 9.90 Å². The van der Waals surface area contributed by atoms with Gasteiger partial charge in [0.05, 0.1) is 27.4 Å². The topological polar surface area (TPSA) is 104 Å². The standard InChI is InChI=1S/C14H15N5O4/c1-22-10-4-3-9(7-11(10)23-2)12-13(21)18(5-6-20)14-16-15-8-19(14)17-12/h3-4,7-8,20H,5-6H2,1-2H3. The van der Waals surface area contributed by atoms with Gasteiger partial charge in [0.2, 0.25) is 0 Å². The van der Waals surface area contributed by atoms with Gasteiger partial charge in [-0.15, -0.1) is 10.2 Å². The van der Waals surface area contributed by atoms with E-state index in [1.54, 1.807) is 18.2 Å². The van der Waals surface area contributed by atoms with Crippen LogP contribution in [-0.4, -0.2) is 50.3 Å². The average Bonchev–Trinajstić information content (AvgIpc) is 3.05. The molecule has 23 heavy (non-hydrogen) atoms. The van der Waals surface area contributed by atoms with Gasteiger partial charge in [0.15, 0.2) is 17.2 Å². The van der Waals surface area contributed by atoms with Crippen molar-refractivity contribution in [2.75, 3.05) is 20.8 Å². The summed E-state index contributed by atoms with van der Waals surface area (Å²) in [4.78, 5) is 12.7. The summed E-state index contributed by atoms with van der Waals surface area (Å²) >= 11 is 0. The van der Waals surface area contributed by atoms with Crippen molar-refractivity contribution < 1.29 is 14.6 Å². The van der Waals surface area contributed by atoms with Crippen LogP contribution >= 0.6 is 0 Å². The van der Waals surface area contributed by atoms with E-state index < -0.39 is 0 Å². The van der Waals surface area contributed by atoms with E-state index in [0.717, 1.165) is 0 Å². The maximum absolute atomic E-state index is 12.7. The van der Waals surface area contributed by atoms with Crippen LogP contribution in [0.5, 0.6) is 11.5 Å². The molecule has 1 aromatic carbocycles. The van der Waals surface area contributed by atoms with Gasteiger partial charge in [-0.2, -0.15) is 9.61 Å². The summed E-state index contributed by atoms with van der Waals surface area (Å²) < 4.78 is 13.2. The van der Waals surface area contributed by atoms with Gasteiger partial charge in [0.25, 0.3) is 11.3 Å². The van der Waals surface area contributed by atoms with E-state index >= 15 is 0 Å². The predicted molar refractivity (Wildman–Crippen MR) is 80.7 cm³/mol. The van der Waals surface area contributed by atoms with Crippen molar-refractivity contribution in [1.29, 1.82) is 0 Å². The molecule has 3 aromatic rings. The highest BCUT2D eigenvalue weighted by Gasteiger charge is 2.16. The first-order valence-electron chi connectivity index (χ1n) is 6.83. The van der Waals surface area contributed by atoms with E-state index in [0.29, 0.717) is 17.1 Å². The van der Waals surface area contributed by atoms with Crippen molar-refractivity contribution in [3.05, 3.63) is 34.9 Å². The Kier molecular flexibility index (Phi) is 3.94. The minimum Gasteiger partial charge on any atom is -0.493 e. The number of aromatic nitrogens is 5. The van der Waals surface area contributed by atoms with Crippen LogP contribution in [0.1, 0.15) is 0 Å². The Labute approximate surface area is 130 Å². The average molecular weight is 317 g/mol. The lowest BCUT2D eigenvalue weighted by Gasteiger charge is -2.11. The molecule has 0 aliphatic carbocycles. The van der Waals surface area contributed by atoms with Crippen molar-refractivity contribution in [2.24, 2.45) is 0 Å². The molecule has 1 N–H and O–H groups in total. The van der Waals surface area contributed by atoms with Crippen LogP contribution in [0.25, 0.3) is 17.0 Å². The van der Waals surface area contributed by atoms with E-state index in [4.69, 9.17) is 9.47 Å². The molecular weight excluding hydrogens is 302 g/mol. The second-order valence-electron chi connectivity index (χ2n) is 4.67. The SMILES string of the molecule is COc1ccc(-c2nn3cnnc3n(CCO)c2=O)cc1OC. The minimum atomic E-state index is -0.369. The summed E-state index contributed by atoms with van der Waals surface area (Å²) in [6, 6.07) is 5.08. The molecular formula is C14H15N5O4. The van der Waals surface area contributed by atoms with Crippen LogP contribution in [0.4, 0.5) is 0 Å². The smallest absolute Gasteiger partial charge is 0.281 e. The monoisotopic (exact) mass is 317 g/mol. The van der Waals surface area contributed by atoms with Crippen molar-refractivity contribution in [1.82, 2.24) is 24.4 Å². The number of methoxy groups -OCH3 is 2. The maximum Gasteiger partial charge on any atom is 0.281 e. The summed E-state index contributed by atoms with van der Waals surface area (Å²) in [6.07, 6.45) is 1.40. The van der Waals surface area contributed by atoms with Gasteiger partial charge < -0.3 is 14.6 Å². The molecule has 2 heterocycles. The Morgan fingerprint density at radius 2 is 2.00 bits per heavy atom. The highest BCUT2D eigenvalue weighted by molar-refractivity contribution is 5.63. The number of hydrogen-bond donors (Lipinski definition) is 1. The van der Waals surface area contributed by atoms with E-state index in [1.165, 1.54) is 29.6 Å². The van der Waals surface area contributed by atoms with Gasteiger partial charge >= 0.3 is 0 Å². The van der Waals surface area contributed by atoms with E-state index in [1.807, 2.05) is 0 Å². The van der Waals surface area contributed by atoms with Crippen molar-refractivity contribution in [3.63, 3.8) is 0 Å². The summed E-state index contributed by atoms with van der Waals surface area (Å²) in [5.41, 5.74) is 0.397. The van der Waals surface area contributed by atoms with Gasteiger partial charge in [-0.05, 0) is 18.2 Å². The third-order valence-electron chi connectivity index (χ3n) is 3.39. The number of aliphatic hydroxyl groups is 1. The number of benzene rings is 1. The Hall–Kier alpha value is -2.94. The predicted octanol–water partition coefficient (Wildman–Crippen LogP) is -0.0375. The Bertz CT molecular complexity index is 902. The Morgan fingerprint density at radius 1 is 1.22 bits per heavy atom. The third-order valence-corrected chi connectivity index (χ3v) is 3.39. The quantitative estimate of drug-likeness (QED) is 0.704. The molecule has 0 aliphatic heterocycles. The summed E-state index contributed by atoms with van der Waals surface area (Å²) in [6.45, 7) is -0.0956. The Morgan fingerprint density at radius 3 is 2.70 bits per heavy atom. The van der Waals surface area contributed by atoms with E-state index in [2.05, 4.69) is 15.3 Å². The van der Waals surface area contributed by atoms with Gasteiger partial charge in [-0.3, -0.25) is 9.36 Å². The van der Waals surface area contributed by atoms with Crippen LogP contribution < -0.4 is 15.0 Å². The molecule has 0 spiro atoms. The molecule has 9 nitrogen and oxygen atoms in total. The zero-order valence-corrected chi connectivity index (χ0v) is 12.6. The molecule has 120 valence electrons. The minimum absolute atomic E-state index is 0.101. The lowest BCUT2D eigenvalue weighted by Crippen LogP contribution is -2.27. The molecule has 2 aromatic heterocycles. The molecule has 0 amide bonds. The highest BCUT2D eigenvalue weighted by atomic mass is 16.5. The van der Waals surface area contributed by atoms with Crippen molar-refractivity contribution >= 4 is 5.78 Å². The molecule has 0 saturated carbocycles. The van der Waals surface area contributed by atoms with Crippen molar-refractivity contribution in [2.45, 2.75) is 6.54 Å². The molecule has 0 atom stereocenters. The first kappa shape index (κ1) is 15.0. The molecule has 0 bridgehead atoms. The molecule has 9 heteroatoms. The fourth-order valence-corrected chi connectivity index (χ4v) is 2.31. The lowest BCUT2D eigenvalue weighted by molar-refractivity contribution is 0.275. The molecule has 0 radical (unpaired) electrons. The summed E-state index contributed by atoms with van der Waals surface area (Å²) in [5, 5.41) is 21.0. The van der Waals surface area contributed by atoms with Crippen LogP contribution in [-0.2, 0) is 6.54 Å².